The summed E-state index contributed by atoms with van der Waals surface area (Å²) in [6.45, 7) is 5.90. The van der Waals surface area contributed by atoms with E-state index in [0.29, 0.717) is 6.54 Å². The van der Waals surface area contributed by atoms with Crippen LogP contribution in [-0.2, 0) is 10.2 Å². The number of ether oxygens (including phenoxy) is 2. The van der Waals surface area contributed by atoms with Gasteiger partial charge in [-0.2, -0.15) is 0 Å². The van der Waals surface area contributed by atoms with Crippen molar-refractivity contribution in [1.29, 1.82) is 0 Å². The number of methoxy groups -OCH3 is 1. The van der Waals surface area contributed by atoms with E-state index >= 15 is 0 Å². The Morgan fingerprint density at radius 2 is 2.10 bits per heavy atom. The van der Waals surface area contributed by atoms with Crippen molar-refractivity contribution in [2.45, 2.75) is 50.5 Å². The SMILES string of the molecule is CC[C@@]1(C)C[C@](CCN)(c2ccccc2OC)CCO1. The average molecular weight is 277 g/mol. The second-order valence-corrected chi connectivity index (χ2v) is 6.10. The van der Waals surface area contributed by atoms with Crippen LogP contribution in [0.5, 0.6) is 5.75 Å². The Hall–Kier alpha value is -1.06. The lowest BCUT2D eigenvalue weighted by molar-refractivity contribution is -0.0979. The quantitative estimate of drug-likeness (QED) is 0.898. The Morgan fingerprint density at radius 3 is 2.75 bits per heavy atom. The van der Waals surface area contributed by atoms with Gasteiger partial charge in [0.1, 0.15) is 5.75 Å². The number of rotatable bonds is 5. The van der Waals surface area contributed by atoms with Crippen molar-refractivity contribution in [1.82, 2.24) is 0 Å². The van der Waals surface area contributed by atoms with Crippen molar-refractivity contribution in [3.05, 3.63) is 29.8 Å². The maximum atomic E-state index is 6.03. The van der Waals surface area contributed by atoms with Gasteiger partial charge in [-0.3, -0.25) is 0 Å². The van der Waals surface area contributed by atoms with Crippen molar-refractivity contribution in [3.63, 3.8) is 0 Å². The molecule has 3 nitrogen and oxygen atoms in total. The summed E-state index contributed by atoms with van der Waals surface area (Å²) in [6, 6.07) is 8.36. The molecule has 0 aliphatic carbocycles. The van der Waals surface area contributed by atoms with Crippen LogP contribution in [0.3, 0.4) is 0 Å². The Balaban J connectivity index is 2.43. The molecule has 1 heterocycles. The van der Waals surface area contributed by atoms with E-state index in [9.17, 15) is 0 Å². The highest BCUT2D eigenvalue weighted by Gasteiger charge is 2.44. The fourth-order valence-corrected chi connectivity index (χ4v) is 3.51. The van der Waals surface area contributed by atoms with Crippen LogP contribution >= 0.6 is 0 Å². The van der Waals surface area contributed by atoms with Crippen molar-refractivity contribution in [2.75, 3.05) is 20.3 Å². The Bertz CT molecular complexity index is 444. The first-order valence-electron chi connectivity index (χ1n) is 7.57. The lowest BCUT2D eigenvalue weighted by Crippen LogP contribution is -2.46. The van der Waals surface area contributed by atoms with E-state index < -0.39 is 0 Å². The Labute approximate surface area is 122 Å². The zero-order valence-electron chi connectivity index (χ0n) is 12.9. The van der Waals surface area contributed by atoms with Gasteiger partial charge >= 0.3 is 0 Å². The van der Waals surface area contributed by atoms with Crippen LogP contribution in [0.15, 0.2) is 24.3 Å². The molecule has 1 aromatic rings. The lowest BCUT2D eigenvalue weighted by Gasteiger charge is -2.47. The van der Waals surface area contributed by atoms with E-state index in [1.807, 2.05) is 12.1 Å². The van der Waals surface area contributed by atoms with Gasteiger partial charge in [-0.25, -0.2) is 0 Å². The fraction of sp³-hybridized carbons (Fsp3) is 0.647. The highest BCUT2D eigenvalue weighted by molar-refractivity contribution is 5.40. The molecule has 0 spiro atoms. The molecule has 1 aliphatic heterocycles. The highest BCUT2D eigenvalue weighted by Crippen LogP contribution is 2.47. The maximum absolute atomic E-state index is 6.03. The van der Waals surface area contributed by atoms with Gasteiger partial charge in [0.25, 0.3) is 0 Å². The summed E-state index contributed by atoms with van der Waals surface area (Å²) in [4.78, 5) is 0. The van der Waals surface area contributed by atoms with Gasteiger partial charge in [-0.15, -0.1) is 0 Å². The molecule has 0 bridgehead atoms. The first-order valence-corrected chi connectivity index (χ1v) is 7.57. The summed E-state index contributed by atoms with van der Waals surface area (Å²) in [6.07, 6.45) is 4.02. The van der Waals surface area contributed by atoms with E-state index in [1.165, 1.54) is 5.56 Å². The van der Waals surface area contributed by atoms with Gasteiger partial charge in [0.2, 0.25) is 0 Å². The summed E-state index contributed by atoms with van der Waals surface area (Å²) in [7, 11) is 1.74. The molecule has 2 N–H and O–H groups in total. The second kappa shape index (κ2) is 6.15. The standard InChI is InChI=1S/C17H27NO2/c1-4-16(2)13-17(9-11-18,10-12-20-16)14-7-5-6-8-15(14)19-3/h5-8H,4,9-13,18H2,1-3H3/t16-,17+/m0/s1. The molecular formula is C17H27NO2. The second-order valence-electron chi connectivity index (χ2n) is 6.10. The van der Waals surface area contributed by atoms with E-state index in [4.69, 9.17) is 15.2 Å². The first-order chi connectivity index (χ1) is 9.59. The summed E-state index contributed by atoms with van der Waals surface area (Å²) in [5.41, 5.74) is 7.22. The molecule has 1 saturated heterocycles. The van der Waals surface area contributed by atoms with Crippen molar-refractivity contribution in [2.24, 2.45) is 5.73 Å². The number of benzene rings is 1. The van der Waals surface area contributed by atoms with Crippen LogP contribution in [0.4, 0.5) is 0 Å². The molecule has 112 valence electrons. The zero-order chi connectivity index (χ0) is 14.6. The van der Waals surface area contributed by atoms with Gasteiger partial charge in [0.05, 0.1) is 12.7 Å². The molecule has 0 saturated carbocycles. The molecule has 1 aliphatic rings. The van der Waals surface area contributed by atoms with Crippen LogP contribution in [0, 0.1) is 0 Å². The Morgan fingerprint density at radius 1 is 1.35 bits per heavy atom. The normalized spacial score (nSPS) is 30.2. The largest absolute Gasteiger partial charge is 0.496 e. The molecule has 0 unspecified atom stereocenters. The summed E-state index contributed by atoms with van der Waals surface area (Å²) < 4.78 is 11.6. The number of hydrogen-bond donors (Lipinski definition) is 1. The highest BCUT2D eigenvalue weighted by atomic mass is 16.5. The molecule has 1 fully saturated rings. The third-order valence-corrected chi connectivity index (χ3v) is 4.79. The molecule has 2 rings (SSSR count). The molecule has 0 radical (unpaired) electrons. The van der Waals surface area contributed by atoms with Crippen LogP contribution in [0.2, 0.25) is 0 Å². The summed E-state index contributed by atoms with van der Waals surface area (Å²) in [5.74, 6) is 0.973. The first kappa shape index (κ1) is 15.3. The van der Waals surface area contributed by atoms with Gasteiger partial charge < -0.3 is 15.2 Å². The van der Waals surface area contributed by atoms with Crippen LogP contribution in [0.1, 0.15) is 45.1 Å². The minimum absolute atomic E-state index is 0.0612. The molecule has 0 aromatic heterocycles. The average Bonchev–Trinajstić information content (AvgIpc) is 2.47. The van der Waals surface area contributed by atoms with E-state index in [2.05, 4.69) is 26.0 Å². The molecule has 0 amide bonds. The van der Waals surface area contributed by atoms with Crippen molar-refractivity contribution in [3.8, 4) is 5.75 Å². The zero-order valence-corrected chi connectivity index (χ0v) is 12.9. The summed E-state index contributed by atoms with van der Waals surface area (Å²) >= 11 is 0. The molecule has 3 heteroatoms. The van der Waals surface area contributed by atoms with E-state index in [1.54, 1.807) is 7.11 Å². The van der Waals surface area contributed by atoms with Gasteiger partial charge in [-0.05, 0) is 45.2 Å². The van der Waals surface area contributed by atoms with E-state index in [-0.39, 0.29) is 11.0 Å². The van der Waals surface area contributed by atoms with Crippen LogP contribution < -0.4 is 10.5 Å². The predicted octanol–water partition coefficient (Wildman–Crippen LogP) is 3.26. The maximum Gasteiger partial charge on any atom is 0.122 e. The topological polar surface area (TPSA) is 44.5 Å². The minimum Gasteiger partial charge on any atom is -0.496 e. The molecular weight excluding hydrogens is 250 g/mol. The molecule has 2 atom stereocenters. The minimum atomic E-state index is -0.0612. The number of para-hydroxylation sites is 1. The smallest absolute Gasteiger partial charge is 0.122 e. The molecule has 20 heavy (non-hydrogen) atoms. The lowest BCUT2D eigenvalue weighted by atomic mass is 9.66. The van der Waals surface area contributed by atoms with Crippen molar-refractivity contribution < 1.29 is 9.47 Å². The monoisotopic (exact) mass is 277 g/mol. The fourth-order valence-electron chi connectivity index (χ4n) is 3.51. The van der Waals surface area contributed by atoms with Gasteiger partial charge in [0.15, 0.2) is 0 Å². The predicted molar refractivity (Wildman–Crippen MR) is 82.2 cm³/mol. The third kappa shape index (κ3) is 2.84. The third-order valence-electron chi connectivity index (χ3n) is 4.79. The van der Waals surface area contributed by atoms with Crippen molar-refractivity contribution >= 4 is 0 Å². The van der Waals surface area contributed by atoms with Gasteiger partial charge in [0, 0.05) is 17.6 Å². The van der Waals surface area contributed by atoms with Gasteiger partial charge in [-0.1, -0.05) is 25.1 Å². The van der Waals surface area contributed by atoms with Crippen LogP contribution in [-0.4, -0.2) is 25.9 Å². The molecule has 1 aromatic carbocycles. The number of hydrogen-bond acceptors (Lipinski definition) is 3. The number of nitrogens with two attached hydrogens (primary N) is 1. The van der Waals surface area contributed by atoms with Crippen LogP contribution in [0.25, 0.3) is 0 Å². The summed E-state index contributed by atoms with van der Waals surface area (Å²) in [5, 5.41) is 0. The van der Waals surface area contributed by atoms with E-state index in [0.717, 1.165) is 38.0 Å². The Kier molecular flexibility index (Phi) is 4.71.